The number of nitrogens with one attached hydrogen (secondary N) is 2. The molecule has 0 aromatic heterocycles. The predicted octanol–water partition coefficient (Wildman–Crippen LogP) is 5.54. The van der Waals surface area contributed by atoms with Crippen LogP contribution in [0, 0.1) is 11.2 Å². The molecule has 0 spiro atoms. The lowest BCUT2D eigenvalue weighted by Crippen LogP contribution is -2.50. The summed E-state index contributed by atoms with van der Waals surface area (Å²) in [4.78, 5) is 41.1. The van der Waals surface area contributed by atoms with E-state index in [4.69, 9.17) is 16.3 Å². The van der Waals surface area contributed by atoms with Crippen LogP contribution in [-0.2, 0) is 16.1 Å². The number of alkyl carbamates (subject to hydrolysis) is 1. The second-order valence-electron chi connectivity index (χ2n) is 11.1. The number of hydrogen-bond donors (Lipinski definition) is 2. The number of halogens is 2. The summed E-state index contributed by atoms with van der Waals surface area (Å²) in [6.07, 6.45) is 0.0995. The van der Waals surface area contributed by atoms with Crippen LogP contribution in [0.1, 0.15) is 57.0 Å². The maximum atomic E-state index is 15.1. The van der Waals surface area contributed by atoms with Crippen LogP contribution in [0.2, 0.25) is 5.02 Å². The highest BCUT2D eigenvalue weighted by atomic mass is 35.5. The zero-order valence-electron chi connectivity index (χ0n) is 21.5. The third-order valence-electron chi connectivity index (χ3n) is 6.32. The number of anilines is 1. The van der Waals surface area contributed by atoms with Crippen LogP contribution in [0.5, 0.6) is 0 Å². The number of nitrogens with zero attached hydrogens (tertiary/aromatic N) is 1. The number of carbonyl (C=O) groups is 3. The van der Waals surface area contributed by atoms with Crippen molar-refractivity contribution in [3.8, 4) is 0 Å². The Balaban J connectivity index is 1.67. The van der Waals surface area contributed by atoms with Crippen molar-refractivity contribution in [3.05, 3.63) is 58.4 Å². The Morgan fingerprint density at radius 2 is 1.84 bits per heavy atom. The van der Waals surface area contributed by atoms with E-state index in [-0.39, 0.29) is 29.3 Å². The molecule has 1 unspecified atom stereocenters. The SMILES string of the molecule is CC(C)(C)OC(=O)N[C@H]1CSc2cc(F)c(C(=O)NC3CC3(C)C)cc2N(Cc2ccc(Cl)cc2)C1=O. The molecule has 2 aromatic carbocycles. The molecule has 0 bridgehead atoms. The van der Waals surface area contributed by atoms with Gasteiger partial charge in [-0.3, -0.25) is 9.59 Å². The molecule has 4 rings (SSSR count). The van der Waals surface area contributed by atoms with Crippen molar-refractivity contribution >= 4 is 47.0 Å². The molecule has 1 heterocycles. The van der Waals surface area contributed by atoms with Gasteiger partial charge in [0, 0.05) is 21.7 Å². The lowest BCUT2D eigenvalue weighted by molar-refractivity contribution is -0.120. The molecule has 1 aliphatic heterocycles. The monoisotopic (exact) mass is 547 g/mol. The van der Waals surface area contributed by atoms with Crippen molar-refractivity contribution < 1.29 is 23.5 Å². The standard InChI is InChI=1S/C27H31ClFN3O4S/c1-26(2,3)36-25(35)30-19-14-37-21-11-18(29)17(23(33)31-22-12-27(22,4)5)10-20(21)32(24(19)34)13-15-6-8-16(28)9-7-15/h6-11,19,22H,12-14H2,1-5H3,(H,30,35)(H,31,33)/t19-,22?/m0/s1. The summed E-state index contributed by atoms with van der Waals surface area (Å²) in [7, 11) is 0. The summed E-state index contributed by atoms with van der Waals surface area (Å²) in [5, 5.41) is 6.09. The molecule has 2 atom stereocenters. The number of fused-ring (bicyclic) bond motifs is 1. The van der Waals surface area contributed by atoms with Gasteiger partial charge in [0.25, 0.3) is 11.8 Å². The van der Waals surface area contributed by atoms with Crippen molar-refractivity contribution in [2.24, 2.45) is 5.41 Å². The van der Waals surface area contributed by atoms with E-state index >= 15 is 4.39 Å². The molecule has 198 valence electrons. The summed E-state index contributed by atoms with van der Waals surface area (Å²) < 4.78 is 20.5. The van der Waals surface area contributed by atoms with E-state index < -0.39 is 35.4 Å². The number of amides is 3. The van der Waals surface area contributed by atoms with Crippen molar-refractivity contribution in [3.63, 3.8) is 0 Å². The number of rotatable bonds is 5. The third-order valence-corrected chi connectivity index (χ3v) is 7.71. The van der Waals surface area contributed by atoms with Crippen molar-refractivity contribution in [1.82, 2.24) is 10.6 Å². The van der Waals surface area contributed by atoms with Crippen LogP contribution in [-0.4, -0.2) is 41.3 Å². The number of carbonyl (C=O) groups excluding carboxylic acids is 3. The molecule has 7 nitrogen and oxygen atoms in total. The normalized spacial score (nSPS) is 20.5. The first-order chi connectivity index (χ1) is 17.2. The van der Waals surface area contributed by atoms with Gasteiger partial charge in [0.05, 0.1) is 17.8 Å². The van der Waals surface area contributed by atoms with E-state index in [0.717, 1.165) is 12.0 Å². The van der Waals surface area contributed by atoms with Crippen molar-refractivity contribution in [2.75, 3.05) is 10.7 Å². The number of thioether (sulfide) groups is 1. The Kier molecular flexibility index (Phi) is 7.50. The molecule has 10 heteroatoms. The van der Waals surface area contributed by atoms with Gasteiger partial charge in [-0.1, -0.05) is 37.6 Å². The van der Waals surface area contributed by atoms with Crippen LogP contribution in [0.15, 0.2) is 41.3 Å². The molecule has 1 fully saturated rings. The van der Waals surface area contributed by atoms with E-state index in [1.54, 1.807) is 45.0 Å². The van der Waals surface area contributed by atoms with Gasteiger partial charge >= 0.3 is 6.09 Å². The van der Waals surface area contributed by atoms with Crippen molar-refractivity contribution in [2.45, 2.75) is 70.2 Å². The average Bonchev–Trinajstić information content (AvgIpc) is 3.42. The molecule has 1 saturated carbocycles. The predicted molar refractivity (Wildman–Crippen MR) is 143 cm³/mol. The van der Waals surface area contributed by atoms with Crippen LogP contribution < -0.4 is 15.5 Å². The van der Waals surface area contributed by atoms with Crippen LogP contribution in [0.4, 0.5) is 14.9 Å². The summed E-state index contributed by atoms with van der Waals surface area (Å²) in [5.41, 5.74) is 0.291. The van der Waals surface area contributed by atoms with E-state index in [0.29, 0.717) is 15.6 Å². The van der Waals surface area contributed by atoms with Crippen LogP contribution in [0.25, 0.3) is 0 Å². The van der Waals surface area contributed by atoms with Crippen LogP contribution in [0.3, 0.4) is 0 Å². The zero-order chi connectivity index (χ0) is 27.1. The Bertz CT molecular complexity index is 1230. The minimum atomic E-state index is -0.924. The molecule has 37 heavy (non-hydrogen) atoms. The Morgan fingerprint density at radius 1 is 1.19 bits per heavy atom. The molecule has 2 aromatic rings. The number of benzene rings is 2. The molecule has 2 aliphatic rings. The number of hydrogen-bond acceptors (Lipinski definition) is 5. The molecule has 3 amide bonds. The average molecular weight is 548 g/mol. The van der Waals surface area contributed by atoms with Gasteiger partial charge in [-0.15, -0.1) is 11.8 Å². The molecule has 2 N–H and O–H groups in total. The first kappa shape index (κ1) is 27.3. The van der Waals surface area contributed by atoms with Gasteiger partial charge in [-0.05, 0) is 62.4 Å². The van der Waals surface area contributed by atoms with E-state index in [1.807, 2.05) is 13.8 Å². The second-order valence-corrected chi connectivity index (χ2v) is 12.6. The summed E-state index contributed by atoms with van der Waals surface area (Å²) in [6.45, 7) is 9.40. The van der Waals surface area contributed by atoms with Crippen LogP contribution >= 0.6 is 23.4 Å². The smallest absolute Gasteiger partial charge is 0.408 e. The fourth-order valence-corrected chi connectivity index (χ4v) is 5.24. The summed E-state index contributed by atoms with van der Waals surface area (Å²) in [5.74, 6) is -1.41. The minimum absolute atomic E-state index is 0.0230. The lowest BCUT2D eigenvalue weighted by Gasteiger charge is -2.27. The highest BCUT2D eigenvalue weighted by Crippen LogP contribution is 2.45. The van der Waals surface area contributed by atoms with Gasteiger partial charge in [-0.25, -0.2) is 9.18 Å². The first-order valence-corrected chi connectivity index (χ1v) is 13.4. The Labute approximate surface area is 225 Å². The zero-order valence-corrected chi connectivity index (χ0v) is 23.1. The highest BCUT2D eigenvalue weighted by Gasteiger charge is 2.47. The molecular formula is C27H31ClFN3O4S. The fourth-order valence-electron chi connectivity index (χ4n) is 4.03. The molecular weight excluding hydrogens is 517 g/mol. The number of ether oxygens (including phenoxy) is 1. The topological polar surface area (TPSA) is 87.7 Å². The van der Waals surface area contributed by atoms with Gasteiger partial charge in [0.1, 0.15) is 17.5 Å². The van der Waals surface area contributed by atoms with Gasteiger partial charge in [0.2, 0.25) is 0 Å². The Hall–Kier alpha value is -2.78. The Morgan fingerprint density at radius 3 is 2.43 bits per heavy atom. The third kappa shape index (κ3) is 6.57. The molecule has 0 radical (unpaired) electrons. The lowest BCUT2D eigenvalue weighted by atomic mass is 10.1. The quantitative estimate of drug-likeness (QED) is 0.513. The maximum Gasteiger partial charge on any atom is 0.408 e. The van der Waals surface area contributed by atoms with E-state index in [2.05, 4.69) is 10.6 Å². The second kappa shape index (κ2) is 10.2. The van der Waals surface area contributed by atoms with E-state index in [9.17, 15) is 14.4 Å². The maximum absolute atomic E-state index is 15.1. The van der Waals surface area contributed by atoms with E-state index in [1.165, 1.54) is 28.8 Å². The highest BCUT2D eigenvalue weighted by molar-refractivity contribution is 7.99. The summed E-state index contributed by atoms with van der Waals surface area (Å²) in [6, 6.07) is 8.76. The van der Waals surface area contributed by atoms with Gasteiger partial charge in [-0.2, -0.15) is 0 Å². The molecule has 1 aliphatic carbocycles. The van der Waals surface area contributed by atoms with Gasteiger partial charge < -0.3 is 20.3 Å². The molecule has 0 saturated heterocycles. The minimum Gasteiger partial charge on any atom is -0.444 e. The first-order valence-electron chi connectivity index (χ1n) is 12.1. The largest absolute Gasteiger partial charge is 0.444 e. The fraction of sp³-hybridized carbons (Fsp3) is 0.444. The van der Waals surface area contributed by atoms with Gasteiger partial charge in [0.15, 0.2) is 0 Å². The van der Waals surface area contributed by atoms with Crippen molar-refractivity contribution in [1.29, 1.82) is 0 Å². The summed E-state index contributed by atoms with van der Waals surface area (Å²) >= 11 is 7.26.